The van der Waals surface area contributed by atoms with Crippen molar-refractivity contribution in [2.24, 2.45) is 34.6 Å². The molecule has 103 heavy (non-hydrogen) atoms. The number of hydrogen-bond donors (Lipinski definition) is 24. The van der Waals surface area contributed by atoms with E-state index in [4.69, 9.17) is 44.9 Å². The van der Waals surface area contributed by atoms with Crippen LogP contribution in [-0.4, -0.2) is 182 Å². The maximum absolute atomic E-state index is 15.4. The first-order valence-electron chi connectivity index (χ1n) is 34.3. The number of carbonyl (C=O) groups is 9. The fourth-order valence-electron chi connectivity index (χ4n) is 11.9. The molecule has 0 aliphatic heterocycles. The minimum absolute atomic E-state index is 0.00596. The molecule has 0 radical (unpaired) electrons. The molecule has 0 aliphatic rings. The number of aromatic amines is 4. The number of fused-ring (bicyclic) bond motifs is 3. The number of para-hydroxylation sites is 3. The Morgan fingerprint density at radius 2 is 0.777 bits per heavy atom. The van der Waals surface area contributed by atoms with Crippen LogP contribution in [-0.2, 0) is 68.8 Å². The van der Waals surface area contributed by atoms with Crippen LogP contribution in [0.3, 0.4) is 0 Å². The summed E-state index contributed by atoms with van der Waals surface area (Å²) in [6.45, 7) is 4.43. The molecule has 0 saturated heterocycles. The van der Waals surface area contributed by atoms with Crippen molar-refractivity contribution < 1.29 is 48.3 Å². The van der Waals surface area contributed by atoms with Gasteiger partial charge in [0, 0.05) is 109 Å². The number of carbonyl (C=O) groups excluding carboxylic acids is 8. The van der Waals surface area contributed by atoms with E-state index in [-0.39, 0.29) is 114 Å². The number of rotatable bonds is 43. The zero-order valence-electron chi connectivity index (χ0n) is 57.8. The van der Waals surface area contributed by atoms with Gasteiger partial charge in [0.05, 0.1) is 12.4 Å². The summed E-state index contributed by atoms with van der Waals surface area (Å²) in [5.41, 5.74) is 32.8. The van der Waals surface area contributed by atoms with E-state index in [9.17, 15) is 29.1 Å². The van der Waals surface area contributed by atoms with E-state index >= 15 is 19.2 Å². The zero-order chi connectivity index (χ0) is 74.5. The monoisotopic (exact) mass is 1420 g/mol. The van der Waals surface area contributed by atoms with Gasteiger partial charge in [0.25, 0.3) is 0 Å². The van der Waals surface area contributed by atoms with Crippen LogP contribution in [0.4, 0.5) is 0 Å². The molecule has 7 rings (SSSR count). The van der Waals surface area contributed by atoms with Crippen molar-refractivity contribution in [1.29, 1.82) is 16.2 Å². The molecule has 554 valence electrons. The second-order valence-electron chi connectivity index (χ2n) is 25.8. The number of nitrogens with two attached hydrogens (primary N) is 5. The van der Waals surface area contributed by atoms with Crippen molar-refractivity contribution in [2.75, 3.05) is 26.2 Å². The third kappa shape index (κ3) is 24.6. The van der Waals surface area contributed by atoms with Gasteiger partial charge in [-0.15, -0.1) is 0 Å². The van der Waals surface area contributed by atoms with Crippen LogP contribution in [0.15, 0.2) is 104 Å². The van der Waals surface area contributed by atoms with Gasteiger partial charge < -0.3 is 112 Å². The second kappa shape index (κ2) is 39.4. The summed E-state index contributed by atoms with van der Waals surface area (Å²) in [5.74, 6) is -9.02. The molecule has 4 aromatic heterocycles. The highest BCUT2D eigenvalue weighted by atomic mass is 16.4. The Balaban J connectivity index is 1.20. The number of hydrogen-bond acceptors (Lipinski definition) is 15. The van der Waals surface area contributed by atoms with Gasteiger partial charge in [0.1, 0.15) is 48.3 Å². The highest BCUT2D eigenvalue weighted by Crippen LogP contribution is 2.24. The van der Waals surface area contributed by atoms with Gasteiger partial charge in [0.2, 0.25) is 47.3 Å². The smallest absolute Gasteiger partial charge is 0.326 e. The third-order valence-corrected chi connectivity index (χ3v) is 17.3. The lowest BCUT2D eigenvalue weighted by atomic mass is 9.99. The Bertz CT molecular complexity index is 4040. The number of carboxylic acid groups (broad SMARTS) is 1. The summed E-state index contributed by atoms with van der Waals surface area (Å²) in [6, 6.07) is 9.43. The van der Waals surface area contributed by atoms with Crippen molar-refractivity contribution in [3.8, 4) is 0 Å². The van der Waals surface area contributed by atoms with Crippen molar-refractivity contribution in [3.05, 3.63) is 126 Å². The van der Waals surface area contributed by atoms with E-state index in [1.807, 2.05) is 68.4 Å². The van der Waals surface area contributed by atoms with Gasteiger partial charge >= 0.3 is 5.97 Å². The highest BCUT2D eigenvalue weighted by molar-refractivity contribution is 5.99. The molecule has 0 bridgehead atoms. The van der Waals surface area contributed by atoms with Crippen LogP contribution in [0.1, 0.15) is 100 Å². The third-order valence-electron chi connectivity index (χ3n) is 17.3. The van der Waals surface area contributed by atoms with Gasteiger partial charge in [-0.25, -0.2) is 9.78 Å². The summed E-state index contributed by atoms with van der Waals surface area (Å²) in [7, 11) is 0. The Morgan fingerprint density at radius 1 is 0.437 bits per heavy atom. The van der Waals surface area contributed by atoms with Crippen molar-refractivity contribution in [3.63, 3.8) is 0 Å². The molecule has 4 heterocycles. The Morgan fingerprint density at radius 3 is 1.16 bits per heavy atom. The number of aromatic nitrogens is 5. The zero-order valence-corrected chi connectivity index (χ0v) is 57.8. The lowest BCUT2D eigenvalue weighted by Crippen LogP contribution is -2.61. The van der Waals surface area contributed by atoms with Crippen molar-refractivity contribution in [1.82, 2.24) is 83.4 Å². The van der Waals surface area contributed by atoms with Crippen LogP contribution in [0.5, 0.6) is 0 Å². The lowest BCUT2D eigenvalue weighted by Gasteiger charge is -2.29. The van der Waals surface area contributed by atoms with Crippen molar-refractivity contribution >= 4 is 104 Å². The van der Waals surface area contributed by atoms with E-state index in [2.05, 4.69) is 83.4 Å². The first-order chi connectivity index (χ1) is 49.4. The standard InChI is InChI=1S/C69H98N24O10/c1-38(2)28-53(61(97)91-54(29-39-33-82-47-18-6-3-14-43(39)47)62(98)87-51(23-13-27-81-69(76)77)59(95)88-52(66(102)103)21-9-10-24-70)89-65(101)57(32-42-36-78-37-85-42)93-64(100)56(31-41-35-84-49-20-8-5-16-45(41)49)92-63(99)55(30-40-34-83-48-19-7-4-15-44(40)48)90-60(96)50(22-12-26-80-68(74)75)86-58(94)46(71)17-11-25-79-67(72)73/h3-8,14-16,18-20,33-38,46,50-57,82-84H,9-13,17,21-32,70-71H2,1-2H3,(H,78,85)(H,86,94)(H,87,98)(H,88,95)(H,89,101)(H,90,96)(H,91,97)(H,92,99)(H,93,100)(H,102,103)(H4,72,73,79)(H4,74,75,80)(H4,76,77,81)/t46-,50-,51-,52-,53-,54-,55-,56-,57-/m0/s1. The number of guanidine groups is 3. The summed E-state index contributed by atoms with van der Waals surface area (Å²) < 4.78 is 0. The van der Waals surface area contributed by atoms with Gasteiger partial charge in [-0.3, -0.25) is 54.6 Å². The van der Waals surface area contributed by atoms with E-state index < -0.39 is 108 Å². The minimum Gasteiger partial charge on any atom is -0.480 e. The Labute approximate surface area is 594 Å². The normalized spacial score (nSPS) is 13.9. The van der Waals surface area contributed by atoms with Gasteiger partial charge in [-0.2, -0.15) is 0 Å². The number of H-pyrrole nitrogens is 4. The first kappa shape index (κ1) is 78.8. The van der Waals surface area contributed by atoms with Gasteiger partial charge in [-0.1, -0.05) is 68.4 Å². The van der Waals surface area contributed by atoms with E-state index in [0.29, 0.717) is 59.1 Å². The van der Waals surface area contributed by atoms with Gasteiger partial charge in [0.15, 0.2) is 17.9 Å². The average Bonchev–Trinajstić information content (AvgIpc) is 1.74. The predicted octanol–water partition coefficient (Wildman–Crippen LogP) is -0.621. The van der Waals surface area contributed by atoms with Crippen LogP contribution in [0.2, 0.25) is 0 Å². The van der Waals surface area contributed by atoms with Gasteiger partial charge in [-0.05, 0) is 112 Å². The molecule has 0 saturated carbocycles. The van der Waals surface area contributed by atoms with Crippen LogP contribution < -0.4 is 87.2 Å². The van der Waals surface area contributed by atoms with Crippen molar-refractivity contribution in [2.45, 2.75) is 158 Å². The van der Waals surface area contributed by atoms with Crippen LogP contribution >= 0.6 is 0 Å². The average molecular weight is 1420 g/mol. The van der Waals surface area contributed by atoms with E-state index in [1.54, 1.807) is 36.8 Å². The largest absolute Gasteiger partial charge is 0.480 e. The molecule has 0 aliphatic carbocycles. The maximum atomic E-state index is 15.4. The molecule has 0 fully saturated rings. The number of unbranched alkanes of at least 4 members (excludes halogenated alkanes) is 1. The Hall–Kier alpha value is -11.6. The van der Waals surface area contributed by atoms with E-state index in [1.165, 1.54) is 12.5 Å². The van der Waals surface area contributed by atoms with Crippen LogP contribution in [0.25, 0.3) is 32.7 Å². The minimum atomic E-state index is -1.51. The topological polar surface area (TPSA) is 584 Å². The SMILES string of the molecule is CC(C)C[C@H](NC(=O)[C@H](Cc1cnc[nH]1)NC(=O)[C@H](Cc1c[nH]c2ccccc12)NC(=O)[C@H](Cc1c[nH]c2ccccc12)NC(=O)[C@H](CCCNC(=N)N)NC(=O)[C@@H](N)CCCNC(=N)N)C(=O)N[C@@H](Cc1c[nH]c2ccccc12)C(=O)N[C@@H](CCCNC(=N)N)C(=O)N[C@@H](CCCCN)C(=O)O. The Kier molecular flexibility index (Phi) is 30.2. The molecule has 8 amide bonds. The first-order valence-corrected chi connectivity index (χ1v) is 34.3. The molecular weight excluding hydrogens is 1320 g/mol. The number of aliphatic carboxylic acids is 1. The van der Waals surface area contributed by atoms with Crippen LogP contribution in [0, 0.1) is 22.1 Å². The number of carboxylic acids is 1. The summed E-state index contributed by atoms with van der Waals surface area (Å²) in [6.07, 6.45) is 8.89. The lowest BCUT2D eigenvalue weighted by molar-refractivity contribution is -0.142. The maximum Gasteiger partial charge on any atom is 0.326 e. The number of nitrogens with one attached hydrogen (secondary N) is 18. The van der Waals surface area contributed by atoms with E-state index in [0.717, 1.165) is 21.8 Å². The number of nitrogens with zero attached hydrogens (tertiary/aromatic N) is 1. The molecule has 3 aromatic carbocycles. The quantitative estimate of drug-likeness (QED) is 0.0129. The number of amides is 8. The summed E-state index contributed by atoms with van der Waals surface area (Å²) >= 11 is 0. The molecule has 0 unspecified atom stereocenters. The fourth-order valence-corrected chi connectivity index (χ4v) is 11.9. The molecule has 7 aromatic rings. The molecule has 34 heteroatoms. The molecule has 9 atom stereocenters. The summed E-state index contributed by atoms with van der Waals surface area (Å²) in [4.78, 5) is 148. The second-order valence-corrected chi connectivity index (χ2v) is 25.8. The molecular formula is C69H98N24O10. The fraction of sp³-hybridized carbons (Fsp3) is 0.435. The highest BCUT2D eigenvalue weighted by Gasteiger charge is 2.37. The summed E-state index contributed by atoms with van der Waals surface area (Å²) in [5, 5.41) is 65.3. The molecule has 29 N–H and O–H groups in total. The molecule has 34 nitrogen and oxygen atoms in total. The number of benzene rings is 3. The molecule has 0 spiro atoms. The number of imidazole rings is 1. The predicted molar refractivity (Wildman–Crippen MR) is 389 cm³/mol.